The third kappa shape index (κ3) is 5.19. The second kappa shape index (κ2) is 8.86. The average Bonchev–Trinajstić information content (AvgIpc) is 2.68. The zero-order valence-electron chi connectivity index (χ0n) is 16.3. The topological polar surface area (TPSA) is 69.7 Å². The van der Waals surface area contributed by atoms with Gasteiger partial charge in [-0.25, -0.2) is 8.42 Å². The van der Waals surface area contributed by atoms with Crippen molar-refractivity contribution in [3.63, 3.8) is 0 Å². The Balaban J connectivity index is 1.54. The first kappa shape index (κ1) is 20.5. The third-order valence-corrected chi connectivity index (χ3v) is 6.92. The molecule has 1 N–H and O–H groups in total. The number of sulfonamides is 1. The summed E-state index contributed by atoms with van der Waals surface area (Å²) in [5, 5.41) is 2.94. The Hall–Kier alpha value is -2.22. The fourth-order valence-electron chi connectivity index (χ4n) is 3.38. The Morgan fingerprint density at radius 1 is 1.04 bits per heavy atom. The van der Waals surface area contributed by atoms with Crippen LogP contribution in [0.3, 0.4) is 0 Å². The minimum absolute atomic E-state index is 0.0111. The van der Waals surface area contributed by atoms with E-state index in [-0.39, 0.29) is 17.7 Å². The molecule has 150 valence electrons. The average molecular weight is 402 g/mol. The van der Waals surface area contributed by atoms with E-state index >= 15 is 0 Å². The van der Waals surface area contributed by atoms with E-state index < -0.39 is 10.0 Å². The van der Waals surface area contributed by atoms with Crippen LogP contribution in [-0.4, -0.2) is 55.8 Å². The van der Waals surface area contributed by atoms with Crippen LogP contribution in [0.25, 0.3) is 0 Å². The van der Waals surface area contributed by atoms with Gasteiger partial charge in [0.2, 0.25) is 15.9 Å². The molecule has 1 atom stereocenters. The van der Waals surface area contributed by atoms with Gasteiger partial charge in [0.05, 0.1) is 11.8 Å². The first-order valence-corrected chi connectivity index (χ1v) is 11.1. The number of nitrogens with one attached hydrogen (secondary N) is 1. The SMILES string of the molecule is Cc1cccc(NC(=O)[C@@H](C)N2CCN(S(=O)(=O)Cc3ccccc3)CC2)c1. The lowest BCUT2D eigenvalue weighted by Gasteiger charge is -2.36. The number of benzene rings is 2. The molecule has 1 amide bonds. The van der Waals surface area contributed by atoms with E-state index in [1.165, 1.54) is 4.31 Å². The van der Waals surface area contributed by atoms with Gasteiger partial charge in [-0.15, -0.1) is 0 Å². The highest BCUT2D eigenvalue weighted by molar-refractivity contribution is 7.88. The summed E-state index contributed by atoms with van der Waals surface area (Å²) in [5.41, 5.74) is 2.65. The highest BCUT2D eigenvalue weighted by atomic mass is 32.2. The number of carbonyl (C=O) groups is 1. The molecule has 2 aromatic carbocycles. The Bertz CT molecular complexity index is 908. The predicted octanol–water partition coefficient (Wildman–Crippen LogP) is 2.47. The van der Waals surface area contributed by atoms with Crippen molar-refractivity contribution in [1.82, 2.24) is 9.21 Å². The fraction of sp³-hybridized carbons (Fsp3) is 0.381. The van der Waals surface area contributed by atoms with E-state index in [1.807, 2.05) is 73.3 Å². The molecule has 0 unspecified atom stereocenters. The van der Waals surface area contributed by atoms with Crippen LogP contribution >= 0.6 is 0 Å². The molecular formula is C21H27N3O3S. The molecule has 1 aliphatic rings. The predicted molar refractivity (Wildman–Crippen MR) is 111 cm³/mol. The van der Waals surface area contributed by atoms with Gasteiger partial charge in [-0.1, -0.05) is 42.5 Å². The van der Waals surface area contributed by atoms with Crippen molar-refractivity contribution in [2.75, 3.05) is 31.5 Å². The van der Waals surface area contributed by atoms with Crippen LogP contribution in [-0.2, 0) is 20.6 Å². The Labute approximate surface area is 167 Å². The van der Waals surface area contributed by atoms with E-state index in [0.717, 1.165) is 16.8 Å². The number of amides is 1. The zero-order valence-corrected chi connectivity index (χ0v) is 17.2. The van der Waals surface area contributed by atoms with E-state index in [1.54, 1.807) is 0 Å². The molecule has 1 aliphatic heterocycles. The summed E-state index contributed by atoms with van der Waals surface area (Å²) >= 11 is 0. The van der Waals surface area contributed by atoms with Crippen molar-refractivity contribution in [2.45, 2.75) is 25.6 Å². The summed E-state index contributed by atoms with van der Waals surface area (Å²) in [6.07, 6.45) is 0. The fourth-order valence-corrected chi connectivity index (χ4v) is 4.90. The zero-order chi connectivity index (χ0) is 20.1. The molecule has 1 heterocycles. The molecule has 0 radical (unpaired) electrons. The molecule has 0 spiro atoms. The Morgan fingerprint density at radius 3 is 2.36 bits per heavy atom. The monoisotopic (exact) mass is 401 g/mol. The van der Waals surface area contributed by atoms with Crippen LogP contribution in [0.4, 0.5) is 5.69 Å². The molecule has 6 nitrogen and oxygen atoms in total. The van der Waals surface area contributed by atoms with Gasteiger partial charge in [-0.05, 0) is 37.1 Å². The molecule has 1 fully saturated rings. The van der Waals surface area contributed by atoms with E-state index in [4.69, 9.17) is 0 Å². The quantitative estimate of drug-likeness (QED) is 0.807. The molecule has 2 aromatic rings. The summed E-state index contributed by atoms with van der Waals surface area (Å²) in [5.74, 6) is -0.0665. The number of carbonyl (C=O) groups excluding carboxylic acids is 1. The largest absolute Gasteiger partial charge is 0.325 e. The number of nitrogens with zero attached hydrogens (tertiary/aromatic N) is 2. The summed E-state index contributed by atoms with van der Waals surface area (Å²) in [6.45, 7) is 5.72. The number of piperazine rings is 1. The summed E-state index contributed by atoms with van der Waals surface area (Å²) in [4.78, 5) is 14.6. The van der Waals surface area contributed by atoms with E-state index in [9.17, 15) is 13.2 Å². The molecule has 0 saturated carbocycles. The van der Waals surface area contributed by atoms with Crippen LogP contribution < -0.4 is 5.32 Å². The molecule has 1 saturated heterocycles. The van der Waals surface area contributed by atoms with Crippen molar-refractivity contribution in [3.8, 4) is 0 Å². The highest BCUT2D eigenvalue weighted by Crippen LogP contribution is 2.16. The van der Waals surface area contributed by atoms with Gasteiger partial charge in [0.25, 0.3) is 0 Å². The normalized spacial score (nSPS) is 17.2. The second-order valence-electron chi connectivity index (χ2n) is 7.21. The van der Waals surface area contributed by atoms with E-state index in [0.29, 0.717) is 26.2 Å². The summed E-state index contributed by atoms with van der Waals surface area (Å²) in [7, 11) is -3.35. The maximum atomic E-state index is 12.7. The number of hydrogen-bond acceptors (Lipinski definition) is 4. The lowest BCUT2D eigenvalue weighted by atomic mass is 10.2. The number of hydrogen-bond donors (Lipinski definition) is 1. The first-order chi connectivity index (χ1) is 13.3. The number of anilines is 1. The van der Waals surface area contributed by atoms with Crippen LogP contribution in [0.5, 0.6) is 0 Å². The Kier molecular flexibility index (Phi) is 6.49. The van der Waals surface area contributed by atoms with Gasteiger partial charge in [-0.3, -0.25) is 9.69 Å². The van der Waals surface area contributed by atoms with Gasteiger partial charge in [0.1, 0.15) is 0 Å². The van der Waals surface area contributed by atoms with Crippen LogP contribution in [0.15, 0.2) is 54.6 Å². The molecule has 0 bridgehead atoms. The molecule has 28 heavy (non-hydrogen) atoms. The van der Waals surface area contributed by atoms with Gasteiger partial charge in [-0.2, -0.15) is 4.31 Å². The van der Waals surface area contributed by atoms with Gasteiger partial charge in [0.15, 0.2) is 0 Å². The third-order valence-electron chi connectivity index (χ3n) is 5.07. The number of aryl methyl sites for hydroxylation is 1. The van der Waals surface area contributed by atoms with Crippen molar-refractivity contribution in [2.24, 2.45) is 0 Å². The number of rotatable bonds is 6. The molecule has 7 heteroatoms. The van der Waals surface area contributed by atoms with Gasteiger partial charge < -0.3 is 5.32 Å². The summed E-state index contributed by atoms with van der Waals surface area (Å²) in [6, 6.07) is 16.6. The Morgan fingerprint density at radius 2 is 1.71 bits per heavy atom. The maximum absolute atomic E-state index is 12.7. The van der Waals surface area contributed by atoms with Gasteiger partial charge in [0, 0.05) is 31.9 Å². The smallest absolute Gasteiger partial charge is 0.241 e. The molecule has 0 aromatic heterocycles. The van der Waals surface area contributed by atoms with Gasteiger partial charge >= 0.3 is 0 Å². The summed E-state index contributed by atoms with van der Waals surface area (Å²) < 4.78 is 26.9. The minimum Gasteiger partial charge on any atom is -0.325 e. The molecule has 0 aliphatic carbocycles. The van der Waals surface area contributed by atoms with Crippen LogP contribution in [0.1, 0.15) is 18.1 Å². The highest BCUT2D eigenvalue weighted by Gasteiger charge is 2.30. The first-order valence-electron chi connectivity index (χ1n) is 9.48. The van der Waals surface area contributed by atoms with Crippen molar-refractivity contribution in [1.29, 1.82) is 0 Å². The molecular weight excluding hydrogens is 374 g/mol. The maximum Gasteiger partial charge on any atom is 0.241 e. The molecule has 3 rings (SSSR count). The van der Waals surface area contributed by atoms with E-state index in [2.05, 4.69) is 5.32 Å². The second-order valence-corrected chi connectivity index (χ2v) is 9.18. The van der Waals surface area contributed by atoms with Crippen molar-refractivity contribution in [3.05, 3.63) is 65.7 Å². The van der Waals surface area contributed by atoms with Crippen LogP contribution in [0, 0.1) is 6.92 Å². The van der Waals surface area contributed by atoms with Crippen LogP contribution in [0.2, 0.25) is 0 Å². The van der Waals surface area contributed by atoms with Crippen molar-refractivity contribution >= 4 is 21.6 Å². The minimum atomic E-state index is -3.35. The standard InChI is InChI=1S/C21H27N3O3S/c1-17-7-6-10-20(15-17)22-21(25)18(2)23-11-13-24(14-12-23)28(26,27)16-19-8-4-3-5-9-19/h3-10,15,18H,11-14,16H2,1-2H3,(H,22,25)/t18-/m1/s1. The lowest BCUT2D eigenvalue weighted by Crippen LogP contribution is -2.54. The lowest BCUT2D eigenvalue weighted by molar-refractivity contribution is -0.121. The van der Waals surface area contributed by atoms with Crippen molar-refractivity contribution < 1.29 is 13.2 Å².